The summed E-state index contributed by atoms with van der Waals surface area (Å²) >= 11 is 1.52. The number of thiophene rings is 1. The zero-order valence-electron chi connectivity index (χ0n) is 10.6. The Morgan fingerprint density at radius 2 is 1.90 bits per heavy atom. The monoisotopic (exact) mass is 305 g/mol. The van der Waals surface area contributed by atoms with E-state index in [4.69, 9.17) is 0 Å². The lowest BCUT2D eigenvalue weighted by molar-refractivity contribution is 0.577. The van der Waals surface area contributed by atoms with E-state index in [2.05, 4.69) is 10.3 Å². The highest BCUT2D eigenvalue weighted by atomic mass is 32.2. The fourth-order valence-corrected chi connectivity index (χ4v) is 3.44. The van der Waals surface area contributed by atoms with E-state index in [0.29, 0.717) is 5.69 Å². The number of aromatic nitrogens is 3. The third kappa shape index (κ3) is 2.25. The third-order valence-electron chi connectivity index (χ3n) is 2.86. The number of hydrogen-bond acceptors (Lipinski definition) is 5. The number of nitrogens with zero attached hydrogens (tertiary/aromatic N) is 3. The molecule has 20 heavy (non-hydrogen) atoms. The average molecular weight is 305 g/mol. The summed E-state index contributed by atoms with van der Waals surface area (Å²) in [6.45, 7) is 1.90. The molecule has 1 aromatic carbocycles. The number of hydrogen-bond donors (Lipinski definition) is 0. The van der Waals surface area contributed by atoms with Crippen LogP contribution in [0.4, 0.5) is 0 Å². The summed E-state index contributed by atoms with van der Waals surface area (Å²) in [4.78, 5) is 0.199. The van der Waals surface area contributed by atoms with Crippen LogP contribution in [0.25, 0.3) is 11.3 Å². The first-order chi connectivity index (χ1) is 9.57. The second-order valence-electron chi connectivity index (χ2n) is 4.31. The summed E-state index contributed by atoms with van der Waals surface area (Å²) in [5, 5.41) is 11.4. The molecule has 0 saturated carbocycles. The Hall–Kier alpha value is -1.99. The second-order valence-corrected chi connectivity index (χ2v) is 6.88. The van der Waals surface area contributed by atoms with Crippen LogP contribution in [0.2, 0.25) is 0 Å². The SMILES string of the molecule is Cc1ccc(S(=O)(=O)n2cc(-c3ccsc3)nn2)cc1. The Morgan fingerprint density at radius 1 is 1.15 bits per heavy atom. The van der Waals surface area contributed by atoms with Gasteiger partial charge in [-0.1, -0.05) is 22.9 Å². The predicted molar refractivity (Wildman–Crippen MR) is 77.1 cm³/mol. The Bertz CT molecular complexity index is 819. The molecule has 0 aliphatic heterocycles. The minimum atomic E-state index is -3.68. The molecular formula is C13H11N3O2S2. The van der Waals surface area contributed by atoms with Crippen LogP contribution in [0.15, 0.2) is 52.2 Å². The van der Waals surface area contributed by atoms with Crippen LogP contribution < -0.4 is 0 Å². The van der Waals surface area contributed by atoms with Gasteiger partial charge in [-0.05, 0) is 30.5 Å². The molecule has 0 unspecified atom stereocenters. The topological polar surface area (TPSA) is 64.8 Å². The molecule has 2 heterocycles. The van der Waals surface area contributed by atoms with Gasteiger partial charge in [0.2, 0.25) is 0 Å². The molecule has 0 amide bonds. The van der Waals surface area contributed by atoms with Crippen LogP contribution in [0.1, 0.15) is 5.56 Å². The first-order valence-electron chi connectivity index (χ1n) is 5.84. The van der Waals surface area contributed by atoms with Gasteiger partial charge in [-0.15, -0.1) is 9.19 Å². The van der Waals surface area contributed by atoms with Gasteiger partial charge in [0, 0.05) is 10.9 Å². The van der Waals surface area contributed by atoms with Crippen molar-refractivity contribution in [2.24, 2.45) is 0 Å². The Morgan fingerprint density at radius 3 is 2.55 bits per heavy atom. The van der Waals surface area contributed by atoms with Crippen molar-refractivity contribution in [2.75, 3.05) is 0 Å². The summed E-state index contributed by atoms with van der Waals surface area (Å²) in [5.74, 6) is 0. The maximum Gasteiger partial charge on any atom is 0.284 e. The van der Waals surface area contributed by atoms with Gasteiger partial charge >= 0.3 is 0 Å². The number of aryl methyl sites for hydroxylation is 1. The van der Waals surface area contributed by atoms with E-state index < -0.39 is 10.0 Å². The highest BCUT2D eigenvalue weighted by Crippen LogP contribution is 2.21. The van der Waals surface area contributed by atoms with Gasteiger partial charge in [0.25, 0.3) is 10.0 Å². The van der Waals surface area contributed by atoms with Gasteiger partial charge < -0.3 is 0 Å². The largest absolute Gasteiger partial charge is 0.284 e. The van der Waals surface area contributed by atoms with Gasteiger partial charge in [-0.3, -0.25) is 0 Å². The lowest BCUT2D eigenvalue weighted by atomic mass is 10.2. The van der Waals surface area contributed by atoms with E-state index in [-0.39, 0.29) is 4.90 Å². The molecule has 0 radical (unpaired) electrons. The van der Waals surface area contributed by atoms with Crippen molar-refractivity contribution in [1.29, 1.82) is 0 Å². The lowest BCUT2D eigenvalue weighted by Gasteiger charge is -2.03. The van der Waals surface area contributed by atoms with Gasteiger partial charge in [0.1, 0.15) is 5.69 Å². The van der Waals surface area contributed by atoms with Gasteiger partial charge in [0.05, 0.1) is 11.1 Å². The van der Waals surface area contributed by atoms with Crippen LogP contribution in [0, 0.1) is 6.92 Å². The van der Waals surface area contributed by atoms with Crippen LogP contribution in [0.5, 0.6) is 0 Å². The maximum atomic E-state index is 12.4. The van der Waals surface area contributed by atoms with Crippen molar-refractivity contribution in [3.05, 3.63) is 52.9 Å². The first kappa shape index (κ1) is 13.0. The standard InChI is InChI=1S/C13H11N3O2S2/c1-10-2-4-12(5-3-10)20(17,18)16-8-13(14-15-16)11-6-7-19-9-11/h2-9H,1H3. The summed E-state index contributed by atoms with van der Waals surface area (Å²) in [5.41, 5.74) is 2.41. The first-order valence-corrected chi connectivity index (χ1v) is 8.23. The summed E-state index contributed by atoms with van der Waals surface area (Å²) in [6.07, 6.45) is 1.43. The molecule has 0 aliphatic carbocycles. The predicted octanol–water partition coefficient (Wildman–Crippen LogP) is 2.55. The van der Waals surface area contributed by atoms with Crippen molar-refractivity contribution in [2.45, 2.75) is 11.8 Å². The van der Waals surface area contributed by atoms with Crippen LogP contribution in [-0.4, -0.2) is 22.8 Å². The maximum absolute atomic E-state index is 12.4. The lowest BCUT2D eigenvalue weighted by Crippen LogP contribution is -2.13. The second kappa shape index (κ2) is 4.84. The minimum Gasteiger partial charge on any atom is -0.199 e. The summed E-state index contributed by atoms with van der Waals surface area (Å²) in [7, 11) is -3.68. The van der Waals surface area contributed by atoms with Gasteiger partial charge in [-0.2, -0.15) is 19.8 Å². The van der Waals surface area contributed by atoms with Crippen molar-refractivity contribution in [1.82, 2.24) is 14.4 Å². The fourth-order valence-electron chi connectivity index (χ4n) is 1.73. The molecule has 3 rings (SSSR count). The summed E-state index contributed by atoms with van der Waals surface area (Å²) < 4.78 is 25.7. The van der Waals surface area contributed by atoms with Gasteiger partial charge in [0.15, 0.2) is 0 Å². The highest BCUT2D eigenvalue weighted by molar-refractivity contribution is 7.89. The molecule has 0 aliphatic rings. The molecule has 7 heteroatoms. The number of rotatable bonds is 3. The van der Waals surface area contributed by atoms with E-state index >= 15 is 0 Å². The van der Waals surface area contributed by atoms with Crippen LogP contribution in [0.3, 0.4) is 0 Å². The Kier molecular flexibility index (Phi) is 3.15. The zero-order valence-corrected chi connectivity index (χ0v) is 12.2. The molecular weight excluding hydrogens is 294 g/mol. The zero-order chi connectivity index (χ0) is 14.2. The molecule has 2 aromatic heterocycles. The molecule has 0 saturated heterocycles. The molecule has 5 nitrogen and oxygen atoms in total. The molecule has 102 valence electrons. The Labute approximate surface area is 120 Å². The normalized spacial score (nSPS) is 11.7. The third-order valence-corrected chi connectivity index (χ3v) is 5.08. The molecule has 0 spiro atoms. The molecule has 3 aromatic rings. The van der Waals surface area contributed by atoms with E-state index in [1.807, 2.05) is 23.8 Å². The fraction of sp³-hybridized carbons (Fsp3) is 0.0769. The highest BCUT2D eigenvalue weighted by Gasteiger charge is 2.19. The van der Waals surface area contributed by atoms with Crippen molar-refractivity contribution in [3.63, 3.8) is 0 Å². The van der Waals surface area contributed by atoms with E-state index in [0.717, 1.165) is 15.2 Å². The van der Waals surface area contributed by atoms with Crippen LogP contribution in [-0.2, 0) is 10.0 Å². The quantitative estimate of drug-likeness (QED) is 0.746. The minimum absolute atomic E-state index is 0.199. The van der Waals surface area contributed by atoms with Gasteiger partial charge in [-0.25, -0.2) is 0 Å². The molecule has 0 bridgehead atoms. The summed E-state index contributed by atoms with van der Waals surface area (Å²) in [6, 6.07) is 8.51. The molecule has 0 fully saturated rings. The number of benzene rings is 1. The molecule has 0 N–H and O–H groups in total. The molecule has 0 atom stereocenters. The smallest absolute Gasteiger partial charge is 0.199 e. The van der Waals surface area contributed by atoms with E-state index in [1.54, 1.807) is 24.3 Å². The Balaban J connectivity index is 2.02. The van der Waals surface area contributed by atoms with Crippen LogP contribution >= 0.6 is 11.3 Å². The van der Waals surface area contributed by atoms with E-state index in [9.17, 15) is 8.42 Å². The van der Waals surface area contributed by atoms with Crippen molar-refractivity contribution in [3.8, 4) is 11.3 Å². The van der Waals surface area contributed by atoms with Crippen molar-refractivity contribution < 1.29 is 8.42 Å². The average Bonchev–Trinajstić information content (AvgIpc) is 3.10. The van der Waals surface area contributed by atoms with Crippen molar-refractivity contribution >= 4 is 21.4 Å². The van der Waals surface area contributed by atoms with E-state index in [1.165, 1.54) is 17.5 Å².